The summed E-state index contributed by atoms with van der Waals surface area (Å²) in [5.41, 5.74) is 0.885. The fourth-order valence-corrected chi connectivity index (χ4v) is 1.30. The van der Waals surface area contributed by atoms with Gasteiger partial charge in [-0.3, -0.25) is 9.59 Å². The quantitative estimate of drug-likeness (QED) is 0.694. The predicted octanol–water partition coefficient (Wildman–Crippen LogP) is 3.90. The van der Waals surface area contributed by atoms with Crippen LogP contribution in [0.25, 0.3) is 0 Å². The summed E-state index contributed by atoms with van der Waals surface area (Å²) in [6.45, 7) is 18.4. The van der Waals surface area contributed by atoms with Crippen LogP contribution in [-0.4, -0.2) is 22.2 Å². The van der Waals surface area contributed by atoms with E-state index in [0.29, 0.717) is 10.8 Å². The fourth-order valence-electron chi connectivity index (χ4n) is 1.30. The second-order valence-corrected chi connectivity index (χ2v) is 6.49. The minimum Gasteiger partial charge on any atom is -0.481 e. The second kappa shape index (κ2) is 8.95. The first-order chi connectivity index (χ1) is 7.62. The summed E-state index contributed by atoms with van der Waals surface area (Å²) in [5, 5.41) is 14.8. The van der Waals surface area contributed by atoms with Gasteiger partial charge in [-0.25, -0.2) is 0 Å². The largest absolute Gasteiger partial charge is 0.481 e. The zero-order valence-corrected chi connectivity index (χ0v) is 13.3. The number of hydrogen-bond donors (Lipinski definition) is 2. The molecule has 2 N–H and O–H groups in total. The van der Waals surface area contributed by atoms with E-state index < -0.39 is 11.9 Å². The zero-order chi connectivity index (χ0) is 15.7. The molecule has 110 valence electrons. The van der Waals surface area contributed by atoms with Crippen LogP contribution in [0.15, 0.2) is 0 Å². The van der Waals surface area contributed by atoms with Crippen molar-refractivity contribution in [3.8, 4) is 0 Å². The van der Waals surface area contributed by atoms with Gasteiger partial charge in [-0.05, 0) is 16.7 Å². The summed E-state index contributed by atoms with van der Waals surface area (Å²) in [6.07, 6.45) is 0. The van der Waals surface area contributed by atoms with Crippen molar-refractivity contribution in [2.75, 3.05) is 0 Å². The molecule has 0 saturated heterocycles. The standard InChI is InChI=1S/C10H22.2C2H4O2/c1-8(9(2,3)4)10(5,6)7;2*1-2(3)4/h8H,1-7H3;2*1H3,(H,3,4). The molecule has 0 rings (SSSR count). The Labute approximate surface area is 111 Å². The van der Waals surface area contributed by atoms with Crippen LogP contribution in [0.3, 0.4) is 0 Å². The van der Waals surface area contributed by atoms with Crippen LogP contribution in [0.1, 0.15) is 62.3 Å². The average molecular weight is 262 g/mol. The molecule has 0 aliphatic carbocycles. The zero-order valence-electron chi connectivity index (χ0n) is 13.3. The summed E-state index contributed by atoms with van der Waals surface area (Å²) in [6, 6.07) is 0. The number of carboxylic acids is 2. The van der Waals surface area contributed by atoms with Gasteiger partial charge in [0.1, 0.15) is 0 Å². The molecule has 0 aliphatic rings. The van der Waals surface area contributed by atoms with E-state index in [2.05, 4.69) is 48.5 Å². The van der Waals surface area contributed by atoms with Crippen molar-refractivity contribution >= 4 is 11.9 Å². The van der Waals surface area contributed by atoms with E-state index in [-0.39, 0.29) is 0 Å². The highest BCUT2D eigenvalue weighted by Crippen LogP contribution is 2.38. The van der Waals surface area contributed by atoms with Crippen LogP contribution in [0.5, 0.6) is 0 Å². The number of carbonyl (C=O) groups is 2. The predicted molar refractivity (Wildman–Crippen MR) is 74.7 cm³/mol. The number of aliphatic carboxylic acids is 2. The van der Waals surface area contributed by atoms with Crippen molar-refractivity contribution in [3.63, 3.8) is 0 Å². The molecule has 0 aromatic heterocycles. The Morgan fingerprint density at radius 1 is 0.778 bits per heavy atom. The van der Waals surface area contributed by atoms with E-state index in [1.807, 2.05) is 0 Å². The maximum absolute atomic E-state index is 9.00. The van der Waals surface area contributed by atoms with Gasteiger partial charge in [0, 0.05) is 13.8 Å². The van der Waals surface area contributed by atoms with Crippen molar-refractivity contribution < 1.29 is 19.8 Å². The lowest BCUT2D eigenvalue weighted by Crippen LogP contribution is -2.29. The maximum Gasteiger partial charge on any atom is 0.300 e. The van der Waals surface area contributed by atoms with Gasteiger partial charge in [-0.15, -0.1) is 0 Å². The molecule has 0 saturated carbocycles. The van der Waals surface area contributed by atoms with Gasteiger partial charge in [-0.1, -0.05) is 48.5 Å². The lowest BCUT2D eigenvalue weighted by Gasteiger charge is -2.38. The van der Waals surface area contributed by atoms with Gasteiger partial charge < -0.3 is 10.2 Å². The molecule has 0 spiro atoms. The third-order valence-corrected chi connectivity index (χ3v) is 2.60. The van der Waals surface area contributed by atoms with E-state index in [0.717, 1.165) is 19.8 Å². The Morgan fingerprint density at radius 2 is 0.889 bits per heavy atom. The van der Waals surface area contributed by atoms with Crippen LogP contribution in [0.2, 0.25) is 0 Å². The Hall–Kier alpha value is -1.06. The third kappa shape index (κ3) is 24.3. The molecule has 0 heterocycles. The lowest BCUT2D eigenvalue weighted by molar-refractivity contribution is -0.135. The van der Waals surface area contributed by atoms with Gasteiger partial charge in [0.25, 0.3) is 11.9 Å². The SMILES string of the molecule is CC(=O)O.CC(=O)O.CC(C(C)(C)C)C(C)(C)C. The Morgan fingerprint density at radius 3 is 0.889 bits per heavy atom. The van der Waals surface area contributed by atoms with Crippen LogP contribution < -0.4 is 0 Å². The minimum atomic E-state index is -0.833. The van der Waals surface area contributed by atoms with Crippen molar-refractivity contribution in [3.05, 3.63) is 0 Å². The first-order valence-electron chi connectivity index (χ1n) is 6.01. The molecular formula is C14H30O4. The van der Waals surface area contributed by atoms with Crippen molar-refractivity contribution in [1.29, 1.82) is 0 Å². The average Bonchev–Trinajstić information content (AvgIpc) is 1.96. The van der Waals surface area contributed by atoms with E-state index in [4.69, 9.17) is 19.8 Å². The highest BCUT2D eigenvalue weighted by Gasteiger charge is 2.30. The number of carboxylic acid groups (broad SMARTS) is 2. The number of hydrogen-bond acceptors (Lipinski definition) is 2. The first-order valence-corrected chi connectivity index (χ1v) is 6.01. The summed E-state index contributed by atoms with van der Waals surface area (Å²) in [5.74, 6) is -0.903. The summed E-state index contributed by atoms with van der Waals surface area (Å²) in [4.78, 5) is 18.0. The minimum absolute atomic E-state index is 0.443. The fraction of sp³-hybridized carbons (Fsp3) is 0.857. The Bertz CT molecular complexity index is 210. The van der Waals surface area contributed by atoms with Crippen molar-refractivity contribution in [1.82, 2.24) is 0 Å². The molecule has 4 heteroatoms. The molecule has 0 atom stereocenters. The normalized spacial score (nSPS) is 10.8. The smallest absolute Gasteiger partial charge is 0.300 e. The van der Waals surface area contributed by atoms with Crippen LogP contribution in [-0.2, 0) is 9.59 Å². The first kappa shape index (κ1) is 22.1. The molecule has 0 aliphatic heterocycles. The van der Waals surface area contributed by atoms with Gasteiger partial charge >= 0.3 is 0 Å². The Kier molecular flexibility index (Phi) is 11.0. The highest BCUT2D eigenvalue weighted by atomic mass is 16.4. The van der Waals surface area contributed by atoms with E-state index in [9.17, 15) is 0 Å². The molecule has 18 heavy (non-hydrogen) atoms. The van der Waals surface area contributed by atoms with Crippen LogP contribution in [0, 0.1) is 16.7 Å². The summed E-state index contributed by atoms with van der Waals surface area (Å²) < 4.78 is 0. The van der Waals surface area contributed by atoms with Crippen molar-refractivity contribution in [2.24, 2.45) is 16.7 Å². The molecular weight excluding hydrogens is 232 g/mol. The van der Waals surface area contributed by atoms with E-state index >= 15 is 0 Å². The highest BCUT2D eigenvalue weighted by molar-refractivity contribution is 5.63. The second-order valence-electron chi connectivity index (χ2n) is 6.49. The summed E-state index contributed by atoms with van der Waals surface area (Å²) >= 11 is 0. The maximum atomic E-state index is 9.00. The molecule has 0 aromatic carbocycles. The Balaban J connectivity index is -0.000000233. The molecule has 0 aromatic rings. The molecule has 0 fully saturated rings. The van der Waals surface area contributed by atoms with E-state index in [1.165, 1.54) is 0 Å². The van der Waals surface area contributed by atoms with Gasteiger partial charge in [0.2, 0.25) is 0 Å². The monoisotopic (exact) mass is 262 g/mol. The van der Waals surface area contributed by atoms with Gasteiger partial charge in [0.05, 0.1) is 0 Å². The van der Waals surface area contributed by atoms with Gasteiger partial charge in [0.15, 0.2) is 0 Å². The van der Waals surface area contributed by atoms with E-state index in [1.54, 1.807) is 0 Å². The third-order valence-electron chi connectivity index (χ3n) is 2.60. The molecule has 0 radical (unpaired) electrons. The van der Waals surface area contributed by atoms with Crippen LogP contribution in [0.4, 0.5) is 0 Å². The molecule has 0 amide bonds. The summed E-state index contributed by atoms with van der Waals surface area (Å²) in [7, 11) is 0. The lowest BCUT2D eigenvalue weighted by atomic mass is 9.68. The topological polar surface area (TPSA) is 74.6 Å². The molecule has 0 bridgehead atoms. The van der Waals surface area contributed by atoms with Crippen molar-refractivity contribution in [2.45, 2.75) is 62.3 Å². The van der Waals surface area contributed by atoms with Crippen LogP contribution >= 0.6 is 0 Å². The molecule has 4 nitrogen and oxygen atoms in total. The van der Waals surface area contributed by atoms with Gasteiger partial charge in [-0.2, -0.15) is 0 Å². The number of rotatable bonds is 0. The molecule has 0 unspecified atom stereocenters.